The first-order chi connectivity index (χ1) is 19.1. The van der Waals surface area contributed by atoms with Crippen molar-refractivity contribution < 1.29 is 23.8 Å². The second kappa shape index (κ2) is 7.97. The minimum absolute atomic E-state index is 0.0433. The summed E-state index contributed by atoms with van der Waals surface area (Å²) in [5.74, 6) is 1.04. The number of halogens is 1. The lowest BCUT2D eigenvalue weighted by molar-refractivity contribution is -0.137. The Balaban J connectivity index is 1.38. The fourth-order valence-electron chi connectivity index (χ4n) is 6.10. The molecule has 8 rings (SSSR count). The van der Waals surface area contributed by atoms with Gasteiger partial charge in [0.25, 0.3) is 0 Å². The maximum Gasteiger partial charge on any atom is 0.338 e. The van der Waals surface area contributed by atoms with E-state index in [4.69, 9.17) is 14.2 Å². The van der Waals surface area contributed by atoms with Crippen LogP contribution in [0, 0.1) is 0 Å². The van der Waals surface area contributed by atoms with Gasteiger partial charge in [0.1, 0.15) is 12.0 Å². The molecule has 0 saturated heterocycles. The molecule has 39 heavy (non-hydrogen) atoms. The van der Waals surface area contributed by atoms with Gasteiger partial charge in [0.15, 0.2) is 17.3 Å². The molecule has 0 radical (unpaired) electrons. The van der Waals surface area contributed by atoms with E-state index in [0.29, 0.717) is 51.1 Å². The van der Waals surface area contributed by atoms with E-state index in [1.165, 1.54) is 0 Å². The number of carbonyl (C=O) groups excluding carboxylic acids is 2. The van der Waals surface area contributed by atoms with E-state index in [1.54, 1.807) is 4.90 Å². The van der Waals surface area contributed by atoms with Gasteiger partial charge in [0.2, 0.25) is 12.7 Å². The fourth-order valence-corrected chi connectivity index (χ4v) is 6.46. The highest BCUT2D eigenvalue weighted by Gasteiger charge is 2.63. The maximum absolute atomic E-state index is 15.0. The third-order valence-electron chi connectivity index (χ3n) is 7.70. The first kappa shape index (κ1) is 22.4. The SMILES string of the molecule is O=C1OCC2=C1C1(C(=O)N(Cc3ccc4c(c3)OCO4)c3ccc(Br)cc31)c1c(n[nH]c1-c1ccccc1)N2. The van der Waals surface area contributed by atoms with Gasteiger partial charge < -0.3 is 24.4 Å². The smallest absolute Gasteiger partial charge is 0.338 e. The van der Waals surface area contributed by atoms with Crippen molar-refractivity contribution in [3.8, 4) is 22.8 Å². The van der Waals surface area contributed by atoms with Gasteiger partial charge in [-0.25, -0.2) is 4.79 Å². The number of cyclic esters (lactones) is 1. The number of hydrogen-bond acceptors (Lipinski definition) is 7. The van der Waals surface area contributed by atoms with Crippen molar-refractivity contribution in [2.24, 2.45) is 0 Å². The number of amides is 1. The summed E-state index contributed by atoms with van der Waals surface area (Å²) in [5, 5.41) is 11.0. The van der Waals surface area contributed by atoms with E-state index in [1.807, 2.05) is 66.7 Å². The van der Waals surface area contributed by atoms with Gasteiger partial charge >= 0.3 is 5.97 Å². The van der Waals surface area contributed by atoms with Crippen molar-refractivity contribution >= 4 is 39.3 Å². The number of fused-ring (bicyclic) bond motifs is 6. The molecule has 9 nitrogen and oxygen atoms in total. The molecule has 1 spiro atoms. The quantitative estimate of drug-likeness (QED) is 0.339. The largest absolute Gasteiger partial charge is 0.456 e. The Labute approximate surface area is 230 Å². The topological polar surface area (TPSA) is 106 Å². The summed E-state index contributed by atoms with van der Waals surface area (Å²) >= 11 is 3.61. The molecule has 4 aliphatic heterocycles. The van der Waals surface area contributed by atoms with Gasteiger partial charge in [0.05, 0.1) is 23.5 Å². The molecule has 2 N–H and O–H groups in total. The van der Waals surface area contributed by atoms with Crippen LogP contribution in [0.25, 0.3) is 11.3 Å². The van der Waals surface area contributed by atoms with Crippen molar-refractivity contribution in [3.63, 3.8) is 0 Å². The number of carbonyl (C=O) groups is 2. The molecule has 5 heterocycles. The molecular weight excluding hydrogens is 564 g/mol. The van der Waals surface area contributed by atoms with Crippen molar-refractivity contribution in [2.45, 2.75) is 12.0 Å². The third kappa shape index (κ3) is 2.97. The van der Waals surface area contributed by atoms with E-state index in [2.05, 4.69) is 31.4 Å². The normalized spacial score (nSPS) is 20.2. The van der Waals surface area contributed by atoms with E-state index in [0.717, 1.165) is 15.6 Å². The number of ether oxygens (including phenoxy) is 3. The molecule has 192 valence electrons. The first-order valence-corrected chi connectivity index (χ1v) is 13.2. The molecule has 4 aliphatic rings. The minimum Gasteiger partial charge on any atom is -0.456 e. The van der Waals surface area contributed by atoms with E-state index >= 15 is 0 Å². The number of aromatic nitrogens is 2. The van der Waals surface area contributed by atoms with Gasteiger partial charge in [-0.3, -0.25) is 9.89 Å². The van der Waals surface area contributed by atoms with Crippen molar-refractivity contribution in [2.75, 3.05) is 23.6 Å². The number of rotatable bonds is 3. The van der Waals surface area contributed by atoms with E-state index in [9.17, 15) is 9.59 Å². The molecule has 4 aromatic rings. The number of anilines is 2. The molecule has 1 atom stereocenters. The lowest BCUT2D eigenvalue weighted by Crippen LogP contribution is -2.46. The number of hydrogen-bond donors (Lipinski definition) is 2. The third-order valence-corrected chi connectivity index (χ3v) is 8.19. The average molecular weight is 583 g/mol. The predicted molar refractivity (Wildman–Crippen MR) is 144 cm³/mol. The molecule has 0 bridgehead atoms. The molecule has 10 heteroatoms. The Morgan fingerprint density at radius 1 is 0.974 bits per heavy atom. The second-order valence-electron chi connectivity index (χ2n) is 9.73. The highest BCUT2D eigenvalue weighted by molar-refractivity contribution is 9.10. The number of benzene rings is 3. The van der Waals surface area contributed by atoms with Crippen LogP contribution in [0.4, 0.5) is 11.5 Å². The Bertz CT molecular complexity index is 1760. The van der Waals surface area contributed by atoms with Crippen LogP contribution in [0.5, 0.6) is 11.5 Å². The Morgan fingerprint density at radius 3 is 2.69 bits per heavy atom. The number of nitrogens with zero attached hydrogens (tertiary/aromatic N) is 2. The molecule has 1 aromatic heterocycles. The van der Waals surface area contributed by atoms with Crippen LogP contribution in [-0.2, 0) is 26.3 Å². The highest BCUT2D eigenvalue weighted by atomic mass is 79.9. The minimum atomic E-state index is -1.46. The predicted octanol–water partition coefficient (Wildman–Crippen LogP) is 4.64. The van der Waals surface area contributed by atoms with Crippen LogP contribution in [0.1, 0.15) is 16.7 Å². The van der Waals surface area contributed by atoms with Gasteiger partial charge in [0, 0.05) is 21.3 Å². The van der Waals surface area contributed by atoms with Crippen LogP contribution in [0.3, 0.4) is 0 Å². The summed E-state index contributed by atoms with van der Waals surface area (Å²) in [7, 11) is 0. The summed E-state index contributed by atoms with van der Waals surface area (Å²) in [6.45, 7) is 0.478. The zero-order valence-corrected chi connectivity index (χ0v) is 21.9. The zero-order valence-electron chi connectivity index (χ0n) is 20.3. The molecule has 3 aromatic carbocycles. The summed E-state index contributed by atoms with van der Waals surface area (Å²) in [6.07, 6.45) is 0. The Morgan fingerprint density at radius 2 is 1.82 bits per heavy atom. The highest BCUT2D eigenvalue weighted by Crippen LogP contribution is 2.58. The van der Waals surface area contributed by atoms with Gasteiger partial charge in [-0.2, -0.15) is 5.10 Å². The molecule has 0 saturated carbocycles. The fraction of sp³-hybridized carbons (Fsp3) is 0.138. The number of aromatic amines is 1. The second-order valence-corrected chi connectivity index (χ2v) is 10.6. The summed E-state index contributed by atoms with van der Waals surface area (Å²) < 4.78 is 17.3. The van der Waals surface area contributed by atoms with Crippen LogP contribution in [0.2, 0.25) is 0 Å². The van der Waals surface area contributed by atoms with Crippen LogP contribution < -0.4 is 19.7 Å². The molecule has 0 aliphatic carbocycles. The summed E-state index contributed by atoms with van der Waals surface area (Å²) in [5.41, 5.74) is 3.76. The van der Waals surface area contributed by atoms with E-state index in [-0.39, 0.29) is 25.9 Å². The summed E-state index contributed by atoms with van der Waals surface area (Å²) in [6, 6.07) is 21.0. The molecule has 1 amide bonds. The van der Waals surface area contributed by atoms with E-state index < -0.39 is 11.4 Å². The zero-order chi connectivity index (χ0) is 26.3. The van der Waals surface area contributed by atoms with Crippen LogP contribution in [0.15, 0.2) is 82.5 Å². The van der Waals surface area contributed by atoms with Crippen molar-refractivity contribution in [3.05, 3.63) is 99.2 Å². The average Bonchev–Trinajstić information content (AvgIpc) is 3.72. The van der Waals surface area contributed by atoms with Crippen molar-refractivity contribution in [1.82, 2.24) is 10.2 Å². The Hall–Kier alpha value is -4.57. The van der Waals surface area contributed by atoms with Crippen molar-refractivity contribution in [1.29, 1.82) is 0 Å². The lowest BCUT2D eigenvalue weighted by atomic mass is 9.67. The molecular formula is C29H19BrN4O5. The molecule has 0 fully saturated rings. The number of H-pyrrole nitrogens is 1. The number of esters is 1. The first-order valence-electron chi connectivity index (χ1n) is 12.4. The van der Waals surface area contributed by atoms with Gasteiger partial charge in [-0.15, -0.1) is 0 Å². The van der Waals surface area contributed by atoms with Crippen LogP contribution in [-0.4, -0.2) is 35.5 Å². The maximum atomic E-state index is 15.0. The summed E-state index contributed by atoms with van der Waals surface area (Å²) in [4.78, 5) is 30.1. The lowest BCUT2D eigenvalue weighted by Gasteiger charge is -2.33. The monoisotopic (exact) mass is 582 g/mol. The Kier molecular flexibility index (Phi) is 4.58. The van der Waals surface area contributed by atoms with Crippen LogP contribution >= 0.6 is 15.9 Å². The standard InChI is InChI=1S/C29H19BrN4O5/c30-17-7-8-20-18(11-17)29(28(36)34(20)12-15-6-9-21-22(10-15)39-14-38-21)23-19(13-37-27(23)35)31-26-24(29)25(32-33-26)16-4-2-1-3-5-16/h1-11H,12-14H2,(H2,31,32,33). The van der Waals surface area contributed by atoms with Gasteiger partial charge in [-0.1, -0.05) is 52.3 Å². The molecule has 1 unspecified atom stereocenters. The number of nitrogens with one attached hydrogen (secondary N) is 2. The van der Waals surface area contributed by atoms with Gasteiger partial charge in [-0.05, 0) is 41.5 Å².